The normalized spacial score (nSPS) is 21.7. The second-order valence-electron chi connectivity index (χ2n) is 6.56. The molecule has 0 bridgehead atoms. The molecular weight excluding hydrogens is 210 g/mol. The lowest BCUT2D eigenvalue weighted by molar-refractivity contribution is 0.0383. The van der Waals surface area contributed by atoms with Gasteiger partial charge in [0.2, 0.25) is 0 Å². The first kappa shape index (κ1) is 15.0. The molecule has 2 nitrogen and oxygen atoms in total. The van der Waals surface area contributed by atoms with Crippen LogP contribution in [0.15, 0.2) is 0 Å². The zero-order valence-corrected chi connectivity index (χ0v) is 12.0. The molecule has 0 spiro atoms. The van der Waals surface area contributed by atoms with Crippen molar-refractivity contribution < 1.29 is 5.11 Å². The van der Waals surface area contributed by atoms with Gasteiger partial charge in [0.1, 0.15) is 0 Å². The van der Waals surface area contributed by atoms with E-state index in [2.05, 4.69) is 19.2 Å². The van der Waals surface area contributed by atoms with Gasteiger partial charge in [-0.25, -0.2) is 0 Å². The van der Waals surface area contributed by atoms with E-state index in [1.165, 1.54) is 38.5 Å². The summed E-state index contributed by atoms with van der Waals surface area (Å²) in [4.78, 5) is 0. The molecule has 0 aromatic heterocycles. The molecule has 0 radical (unpaired) electrons. The minimum atomic E-state index is -0.541. The maximum Gasteiger partial charge on any atom is 0.0746 e. The van der Waals surface area contributed by atoms with E-state index in [9.17, 15) is 5.11 Å². The van der Waals surface area contributed by atoms with Crippen LogP contribution in [0.25, 0.3) is 0 Å². The standard InChI is InChI=1S/C15H31NO/c1-13(2)11-15(3,17)12-16-10-9-14-7-5-4-6-8-14/h13-14,16-17H,4-12H2,1-3H3. The third-order valence-corrected chi connectivity index (χ3v) is 3.81. The Kier molecular flexibility index (Phi) is 6.50. The molecule has 0 aromatic rings. The summed E-state index contributed by atoms with van der Waals surface area (Å²) in [5, 5.41) is 13.6. The Labute approximate surface area is 107 Å². The first-order valence-electron chi connectivity index (χ1n) is 7.43. The maximum absolute atomic E-state index is 10.2. The van der Waals surface area contributed by atoms with Crippen molar-refractivity contribution in [2.45, 2.75) is 71.3 Å². The summed E-state index contributed by atoms with van der Waals surface area (Å²) in [6.07, 6.45) is 9.30. The lowest BCUT2D eigenvalue weighted by atomic mass is 9.87. The Morgan fingerprint density at radius 3 is 2.47 bits per heavy atom. The van der Waals surface area contributed by atoms with Gasteiger partial charge < -0.3 is 10.4 Å². The second kappa shape index (κ2) is 7.38. The Morgan fingerprint density at radius 1 is 1.24 bits per heavy atom. The van der Waals surface area contributed by atoms with Crippen molar-refractivity contribution in [2.75, 3.05) is 13.1 Å². The summed E-state index contributed by atoms with van der Waals surface area (Å²) in [6.45, 7) is 8.07. The molecule has 1 saturated carbocycles. The summed E-state index contributed by atoms with van der Waals surface area (Å²) >= 11 is 0. The number of nitrogens with one attached hydrogen (secondary N) is 1. The monoisotopic (exact) mass is 241 g/mol. The Morgan fingerprint density at radius 2 is 1.88 bits per heavy atom. The molecule has 1 atom stereocenters. The first-order chi connectivity index (χ1) is 7.99. The number of hydrogen-bond donors (Lipinski definition) is 2. The highest BCUT2D eigenvalue weighted by molar-refractivity contribution is 4.77. The molecule has 0 saturated heterocycles. The quantitative estimate of drug-likeness (QED) is 0.670. The molecule has 0 amide bonds. The average Bonchev–Trinajstić information content (AvgIpc) is 2.24. The predicted molar refractivity (Wildman–Crippen MR) is 74.1 cm³/mol. The lowest BCUT2D eigenvalue weighted by Gasteiger charge is -2.27. The second-order valence-corrected chi connectivity index (χ2v) is 6.56. The molecule has 1 rings (SSSR count). The molecule has 2 N–H and O–H groups in total. The number of rotatable bonds is 7. The highest BCUT2D eigenvalue weighted by atomic mass is 16.3. The van der Waals surface area contributed by atoms with Crippen LogP contribution < -0.4 is 5.32 Å². The van der Waals surface area contributed by atoms with Crippen molar-refractivity contribution in [1.29, 1.82) is 0 Å². The van der Waals surface area contributed by atoms with E-state index in [1.807, 2.05) is 6.92 Å². The Balaban J connectivity index is 2.06. The van der Waals surface area contributed by atoms with E-state index in [1.54, 1.807) is 0 Å². The largest absolute Gasteiger partial charge is 0.389 e. The molecule has 17 heavy (non-hydrogen) atoms. The van der Waals surface area contributed by atoms with Crippen LogP contribution >= 0.6 is 0 Å². The summed E-state index contributed by atoms with van der Waals surface area (Å²) in [5.74, 6) is 1.50. The average molecular weight is 241 g/mol. The van der Waals surface area contributed by atoms with Gasteiger partial charge in [0.05, 0.1) is 5.60 Å². The Hall–Kier alpha value is -0.0800. The summed E-state index contributed by atoms with van der Waals surface area (Å²) < 4.78 is 0. The summed E-state index contributed by atoms with van der Waals surface area (Å²) in [7, 11) is 0. The number of aliphatic hydroxyl groups is 1. The fourth-order valence-electron chi connectivity index (χ4n) is 3.09. The molecule has 0 aliphatic heterocycles. The molecule has 1 aliphatic carbocycles. The fourth-order valence-corrected chi connectivity index (χ4v) is 3.09. The van der Waals surface area contributed by atoms with Gasteiger partial charge in [0.15, 0.2) is 0 Å². The van der Waals surface area contributed by atoms with Gasteiger partial charge in [-0.3, -0.25) is 0 Å². The van der Waals surface area contributed by atoms with Gasteiger partial charge in [-0.1, -0.05) is 46.0 Å². The van der Waals surface area contributed by atoms with E-state index in [-0.39, 0.29) is 0 Å². The van der Waals surface area contributed by atoms with Crippen LogP contribution in [0.3, 0.4) is 0 Å². The minimum absolute atomic E-state index is 0.541. The van der Waals surface area contributed by atoms with Crippen LogP contribution in [0, 0.1) is 11.8 Å². The third-order valence-electron chi connectivity index (χ3n) is 3.81. The van der Waals surface area contributed by atoms with Gasteiger partial charge >= 0.3 is 0 Å². The molecule has 1 unspecified atom stereocenters. The highest BCUT2D eigenvalue weighted by Gasteiger charge is 2.21. The van der Waals surface area contributed by atoms with Crippen LogP contribution in [0.5, 0.6) is 0 Å². The highest BCUT2D eigenvalue weighted by Crippen LogP contribution is 2.25. The van der Waals surface area contributed by atoms with Crippen LogP contribution in [-0.2, 0) is 0 Å². The molecule has 1 fully saturated rings. The van der Waals surface area contributed by atoms with Crippen molar-refractivity contribution >= 4 is 0 Å². The predicted octanol–water partition coefficient (Wildman–Crippen LogP) is 3.34. The zero-order chi connectivity index (χ0) is 12.7. The zero-order valence-electron chi connectivity index (χ0n) is 12.0. The van der Waals surface area contributed by atoms with E-state index in [4.69, 9.17) is 0 Å². The molecule has 0 heterocycles. The molecule has 2 heteroatoms. The van der Waals surface area contributed by atoms with E-state index in [0.29, 0.717) is 5.92 Å². The van der Waals surface area contributed by atoms with Crippen LogP contribution in [0.1, 0.15) is 65.7 Å². The van der Waals surface area contributed by atoms with Gasteiger partial charge in [0.25, 0.3) is 0 Å². The van der Waals surface area contributed by atoms with Crippen molar-refractivity contribution in [2.24, 2.45) is 11.8 Å². The van der Waals surface area contributed by atoms with Gasteiger partial charge in [0, 0.05) is 6.54 Å². The number of hydrogen-bond acceptors (Lipinski definition) is 2. The fraction of sp³-hybridized carbons (Fsp3) is 1.00. The first-order valence-corrected chi connectivity index (χ1v) is 7.43. The van der Waals surface area contributed by atoms with Crippen LogP contribution in [0.2, 0.25) is 0 Å². The van der Waals surface area contributed by atoms with Crippen LogP contribution in [-0.4, -0.2) is 23.8 Å². The minimum Gasteiger partial charge on any atom is -0.389 e. The van der Waals surface area contributed by atoms with E-state index < -0.39 is 5.60 Å². The van der Waals surface area contributed by atoms with Crippen LogP contribution in [0.4, 0.5) is 0 Å². The van der Waals surface area contributed by atoms with E-state index in [0.717, 1.165) is 25.4 Å². The van der Waals surface area contributed by atoms with Crippen molar-refractivity contribution in [3.05, 3.63) is 0 Å². The third kappa shape index (κ3) is 7.05. The topological polar surface area (TPSA) is 32.3 Å². The smallest absolute Gasteiger partial charge is 0.0746 e. The van der Waals surface area contributed by atoms with Crippen molar-refractivity contribution in [3.8, 4) is 0 Å². The molecular formula is C15H31NO. The summed E-state index contributed by atoms with van der Waals surface area (Å²) in [6, 6.07) is 0. The summed E-state index contributed by atoms with van der Waals surface area (Å²) in [5.41, 5.74) is -0.541. The van der Waals surface area contributed by atoms with Crippen molar-refractivity contribution in [3.63, 3.8) is 0 Å². The van der Waals surface area contributed by atoms with Gasteiger partial charge in [-0.15, -0.1) is 0 Å². The molecule has 0 aromatic carbocycles. The lowest BCUT2D eigenvalue weighted by Crippen LogP contribution is -2.39. The van der Waals surface area contributed by atoms with Gasteiger partial charge in [-0.2, -0.15) is 0 Å². The SMILES string of the molecule is CC(C)CC(C)(O)CNCCC1CCCCC1. The van der Waals surface area contributed by atoms with E-state index >= 15 is 0 Å². The maximum atomic E-state index is 10.2. The Bertz CT molecular complexity index is 195. The molecule has 102 valence electrons. The van der Waals surface area contributed by atoms with Gasteiger partial charge in [-0.05, 0) is 38.1 Å². The van der Waals surface area contributed by atoms with Crippen molar-refractivity contribution in [1.82, 2.24) is 5.32 Å². The molecule has 1 aliphatic rings.